The van der Waals surface area contributed by atoms with Crippen molar-refractivity contribution in [3.63, 3.8) is 0 Å². The summed E-state index contributed by atoms with van der Waals surface area (Å²) in [4.78, 5) is 9.13. The van der Waals surface area contributed by atoms with Crippen LogP contribution in [0, 0.1) is 0 Å². The molecule has 104 valence electrons. The van der Waals surface area contributed by atoms with Gasteiger partial charge < -0.3 is 5.73 Å². The van der Waals surface area contributed by atoms with Crippen LogP contribution in [0.4, 0.5) is 0 Å². The Morgan fingerprint density at radius 1 is 1.00 bits per heavy atom. The average Bonchev–Trinajstić information content (AvgIpc) is 2.98. The van der Waals surface area contributed by atoms with E-state index >= 15 is 0 Å². The van der Waals surface area contributed by atoms with Crippen molar-refractivity contribution in [3.05, 3.63) is 71.8 Å². The van der Waals surface area contributed by atoms with Crippen LogP contribution in [0.2, 0.25) is 0 Å². The smallest absolute Gasteiger partial charge is 0.0656 e. The SMILES string of the molecule is NC(c1nccc2ccccc12)C1CCc2cccnc21. The highest BCUT2D eigenvalue weighted by molar-refractivity contribution is 5.84. The summed E-state index contributed by atoms with van der Waals surface area (Å²) < 4.78 is 0. The van der Waals surface area contributed by atoms with Crippen LogP contribution in [-0.2, 0) is 6.42 Å². The maximum Gasteiger partial charge on any atom is 0.0656 e. The molecule has 2 unspecified atom stereocenters. The van der Waals surface area contributed by atoms with Crippen molar-refractivity contribution in [3.8, 4) is 0 Å². The number of aryl methyl sites for hydroxylation is 1. The molecule has 0 saturated heterocycles. The van der Waals surface area contributed by atoms with Gasteiger partial charge in [0.25, 0.3) is 0 Å². The van der Waals surface area contributed by atoms with Crippen LogP contribution in [0.25, 0.3) is 10.8 Å². The van der Waals surface area contributed by atoms with Gasteiger partial charge in [-0.2, -0.15) is 0 Å². The van der Waals surface area contributed by atoms with E-state index in [4.69, 9.17) is 5.73 Å². The van der Waals surface area contributed by atoms with Gasteiger partial charge in [-0.05, 0) is 35.9 Å². The molecule has 2 heterocycles. The summed E-state index contributed by atoms with van der Waals surface area (Å²) in [6.07, 6.45) is 5.83. The molecule has 2 atom stereocenters. The minimum Gasteiger partial charge on any atom is -0.322 e. The zero-order chi connectivity index (χ0) is 14.2. The average molecular weight is 275 g/mol. The molecule has 2 N–H and O–H groups in total. The molecule has 3 aromatic rings. The second kappa shape index (κ2) is 4.93. The monoisotopic (exact) mass is 275 g/mol. The third kappa shape index (κ3) is 2.01. The van der Waals surface area contributed by atoms with Gasteiger partial charge in [-0.25, -0.2) is 0 Å². The molecule has 0 aliphatic heterocycles. The Labute approximate surface area is 123 Å². The molecule has 0 fully saturated rings. The molecule has 21 heavy (non-hydrogen) atoms. The number of pyridine rings is 2. The van der Waals surface area contributed by atoms with Crippen LogP contribution in [0.5, 0.6) is 0 Å². The number of nitrogens with zero attached hydrogens (tertiary/aromatic N) is 2. The molecule has 3 heteroatoms. The zero-order valence-corrected chi connectivity index (χ0v) is 11.7. The normalized spacial score (nSPS) is 18.6. The van der Waals surface area contributed by atoms with Gasteiger partial charge in [0, 0.05) is 29.4 Å². The van der Waals surface area contributed by atoms with Crippen molar-refractivity contribution < 1.29 is 0 Å². The summed E-state index contributed by atoms with van der Waals surface area (Å²) in [5.41, 5.74) is 10.0. The fraction of sp³-hybridized carbons (Fsp3) is 0.222. The number of rotatable bonds is 2. The van der Waals surface area contributed by atoms with Crippen LogP contribution >= 0.6 is 0 Å². The zero-order valence-electron chi connectivity index (χ0n) is 11.7. The van der Waals surface area contributed by atoms with Gasteiger partial charge in [-0.1, -0.05) is 30.3 Å². The molecule has 0 bridgehead atoms. The van der Waals surface area contributed by atoms with E-state index in [0.717, 1.165) is 29.6 Å². The minimum atomic E-state index is -0.104. The highest BCUT2D eigenvalue weighted by Gasteiger charge is 2.31. The lowest BCUT2D eigenvalue weighted by atomic mass is 9.92. The van der Waals surface area contributed by atoms with E-state index in [1.807, 2.05) is 36.7 Å². The van der Waals surface area contributed by atoms with E-state index in [1.54, 1.807) is 0 Å². The number of hydrogen-bond acceptors (Lipinski definition) is 3. The Morgan fingerprint density at radius 2 is 1.90 bits per heavy atom. The molecule has 0 spiro atoms. The van der Waals surface area contributed by atoms with Gasteiger partial charge in [0.05, 0.1) is 11.7 Å². The van der Waals surface area contributed by atoms with Gasteiger partial charge in [-0.15, -0.1) is 0 Å². The topological polar surface area (TPSA) is 51.8 Å². The molecule has 0 saturated carbocycles. The van der Waals surface area contributed by atoms with Crippen molar-refractivity contribution in [1.82, 2.24) is 9.97 Å². The van der Waals surface area contributed by atoms with Crippen LogP contribution in [0.3, 0.4) is 0 Å². The third-order valence-electron chi connectivity index (χ3n) is 4.46. The van der Waals surface area contributed by atoms with Crippen molar-refractivity contribution >= 4 is 10.8 Å². The second-order valence-corrected chi connectivity index (χ2v) is 5.64. The van der Waals surface area contributed by atoms with E-state index in [-0.39, 0.29) is 12.0 Å². The first-order chi connectivity index (χ1) is 10.3. The molecule has 4 rings (SSSR count). The predicted octanol–water partition coefficient (Wildman–Crippen LogP) is 3.36. The Hall–Kier alpha value is -2.26. The standard InChI is InChI=1S/C18H17N3/c19-16(15-8-7-13-5-3-10-20-17(13)15)18-14-6-2-1-4-12(14)9-11-21-18/h1-6,9-11,15-16H,7-8,19H2. The lowest BCUT2D eigenvalue weighted by Crippen LogP contribution is -2.20. The van der Waals surface area contributed by atoms with Crippen molar-refractivity contribution in [2.24, 2.45) is 5.73 Å². The third-order valence-corrected chi connectivity index (χ3v) is 4.46. The van der Waals surface area contributed by atoms with Crippen LogP contribution < -0.4 is 5.73 Å². The molecule has 0 radical (unpaired) electrons. The maximum atomic E-state index is 6.58. The summed E-state index contributed by atoms with van der Waals surface area (Å²) >= 11 is 0. The first-order valence-corrected chi connectivity index (χ1v) is 7.37. The Morgan fingerprint density at radius 3 is 2.86 bits per heavy atom. The Kier molecular flexibility index (Phi) is 2.93. The number of aromatic nitrogens is 2. The number of benzene rings is 1. The number of nitrogens with two attached hydrogens (primary N) is 1. The summed E-state index contributed by atoms with van der Waals surface area (Å²) in [5.74, 6) is 0.263. The van der Waals surface area contributed by atoms with Gasteiger partial charge in [-0.3, -0.25) is 9.97 Å². The van der Waals surface area contributed by atoms with Crippen molar-refractivity contribution in [2.75, 3.05) is 0 Å². The van der Waals surface area contributed by atoms with E-state index in [0.29, 0.717) is 0 Å². The van der Waals surface area contributed by atoms with Gasteiger partial charge >= 0.3 is 0 Å². The maximum absolute atomic E-state index is 6.58. The number of hydrogen-bond donors (Lipinski definition) is 1. The second-order valence-electron chi connectivity index (χ2n) is 5.64. The number of fused-ring (bicyclic) bond motifs is 2. The van der Waals surface area contributed by atoms with Crippen molar-refractivity contribution in [2.45, 2.75) is 24.8 Å². The molecule has 0 amide bonds. The van der Waals surface area contributed by atoms with Gasteiger partial charge in [0.2, 0.25) is 0 Å². The molecular weight excluding hydrogens is 258 g/mol. The van der Waals surface area contributed by atoms with Gasteiger partial charge in [0.1, 0.15) is 0 Å². The van der Waals surface area contributed by atoms with Crippen LogP contribution in [0.15, 0.2) is 54.9 Å². The fourth-order valence-electron chi connectivity index (χ4n) is 3.39. The Bertz CT molecular complexity index is 792. The summed E-state index contributed by atoms with van der Waals surface area (Å²) in [6, 6.07) is 14.4. The summed E-state index contributed by atoms with van der Waals surface area (Å²) in [5, 5.41) is 2.34. The van der Waals surface area contributed by atoms with E-state index in [9.17, 15) is 0 Å². The predicted molar refractivity (Wildman–Crippen MR) is 84.0 cm³/mol. The van der Waals surface area contributed by atoms with Crippen molar-refractivity contribution in [1.29, 1.82) is 0 Å². The summed E-state index contributed by atoms with van der Waals surface area (Å²) in [6.45, 7) is 0. The van der Waals surface area contributed by atoms with Crippen LogP contribution in [-0.4, -0.2) is 9.97 Å². The molecule has 1 aliphatic carbocycles. The molecule has 1 aromatic carbocycles. The fourth-order valence-corrected chi connectivity index (χ4v) is 3.39. The van der Waals surface area contributed by atoms with E-state index < -0.39 is 0 Å². The highest BCUT2D eigenvalue weighted by Crippen LogP contribution is 2.39. The minimum absolute atomic E-state index is 0.104. The Balaban J connectivity index is 1.80. The van der Waals surface area contributed by atoms with Gasteiger partial charge in [0.15, 0.2) is 0 Å². The summed E-state index contributed by atoms with van der Waals surface area (Å²) in [7, 11) is 0. The lowest BCUT2D eigenvalue weighted by Gasteiger charge is -2.20. The van der Waals surface area contributed by atoms with E-state index in [2.05, 4.69) is 28.2 Å². The largest absolute Gasteiger partial charge is 0.322 e. The quantitative estimate of drug-likeness (QED) is 0.780. The highest BCUT2D eigenvalue weighted by atomic mass is 14.8. The lowest BCUT2D eigenvalue weighted by molar-refractivity contribution is 0.533. The first kappa shape index (κ1) is 12.5. The first-order valence-electron chi connectivity index (χ1n) is 7.37. The molecule has 3 nitrogen and oxygen atoms in total. The van der Waals surface area contributed by atoms with Crippen LogP contribution in [0.1, 0.15) is 35.3 Å². The molecule has 1 aliphatic rings. The molecule has 2 aromatic heterocycles. The molecular formula is C18H17N3. The van der Waals surface area contributed by atoms with E-state index in [1.165, 1.54) is 10.9 Å².